The molecule has 7 heteroatoms. The summed E-state index contributed by atoms with van der Waals surface area (Å²) in [5, 5.41) is 2.99. The average molecular weight is 322 g/mol. The minimum absolute atomic E-state index is 0.0206. The third-order valence-electron chi connectivity index (χ3n) is 2.07. The Morgan fingerprint density at radius 3 is 2.76 bits per heavy atom. The third-order valence-corrected chi connectivity index (χ3v) is 4.03. The van der Waals surface area contributed by atoms with Crippen LogP contribution in [0.25, 0.3) is 0 Å². The van der Waals surface area contributed by atoms with Crippen LogP contribution in [0.15, 0.2) is 22.7 Å². The lowest BCUT2D eigenvalue weighted by Crippen LogP contribution is -2.29. The number of nitrogens with one attached hydrogen (secondary N) is 2. The molecule has 0 spiro atoms. The van der Waals surface area contributed by atoms with Crippen molar-refractivity contribution in [2.45, 2.75) is 6.92 Å². The van der Waals surface area contributed by atoms with Crippen LogP contribution in [-0.4, -0.2) is 27.3 Å². The molecular weight excluding hydrogens is 306 g/mol. The summed E-state index contributed by atoms with van der Waals surface area (Å²) >= 11 is 3.33. The van der Waals surface area contributed by atoms with Crippen LogP contribution < -0.4 is 15.8 Å². The Kier molecular flexibility index (Phi) is 5.23. The minimum atomic E-state index is -3.19. The number of rotatable bonds is 6. The van der Waals surface area contributed by atoms with Crippen LogP contribution in [0.2, 0.25) is 0 Å². The van der Waals surface area contributed by atoms with Crippen LogP contribution in [0, 0.1) is 0 Å². The van der Waals surface area contributed by atoms with E-state index < -0.39 is 10.0 Å². The maximum atomic E-state index is 11.4. The van der Waals surface area contributed by atoms with Crippen molar-refractivity contribution in [1.82, 2.24) is 4.72 Å². The summed E-state index contributed by atoms with van der Waals surface area (Å²) in [6, 6.07) is 5.40. The van der Waals surface area contributed by atoms with Crippen LogP contribution in [0.5, 0.6) is 0 Å². The van der Waals surface area contributed by atoms with Gasteiger partial charge in [0, 0.05) is 17.6 Å². The molecule has 0 aromatic heterocycles. The van der Waals surface area contributed by atoms with E-state index in [1.54, 1.807) is 13.0 Å². The summed E-state index contributed by atoms with van der Waals surface area (Å²) in [7, 11) is -3.19. The molecule has 0 aliphatic heterocycles. The Balaban J connectivity index is 2.54. The predicted molar refractivity (Wildman–Crippen MR) is 74.5 cm³/mol. The number of hydrogen-bond acceptors (Lipinski definition) is 4. The van der Waals surface area contributed by atoms with E-state index in [1.807, 2.05) is 12.1 Å². The molecule has 0 radical (unpaired) electrons. The molecule has 1 aromatic rings. The standard InChI is InChI=1S/C10H16BrN3O2S/c1-2-14-17(15,16)6-5-13-10-7-8(11)3-4-9(10)12/h3-4,7,13-14H,2,5-6,12H2,1H3. The lowest BCUT2D eigenvalue weighted by Gasteiger charge is -2.10. The molecule has 0 saturated carbocycles. The largest absolute Gasteiger partial charge is 0.397 e. The second kappa shape index (κ2) is 6.23. The van der Waals surface area contributed by atoms with Crippen LogP contribution >= 0.6 is 15.9 Å². The first-order chi connectivity index (χ1) is 7.94. The molecule has 96 valence electrons. The number of nitrogens with two attached hydrogens (primary N) is 1. The number of halogens is 1. The van der Waals surface area contributed by atoms with Crippen molar-refractivity contribution in [3.8, 4) is 0 Å². The molecule has 0 saturated heterocycles. The number of hydrogen-bond donors (Lipinski definition) is 3. The van der Waals surface area contributed by atoms with Crippen molar-refractivity contribution in [3.05, 3.63) is 22.7 Å². The van der Waals surface area contributed by atoms with Gasteiger partial charge in [-0.15, -0.1) is 0 Å². The molecule has 5 nitrogen and oxygen atoms in total. The van der Waals surface area contributed by atoms with E-state index >= 15 is 0 Å². The zero-order chi connectivity index (χ0) is 12.9. The van der Waals surface area contributed by atoms with Gasteiger partial charge in [0.25, 0.3) is 0 Å². The maximum absolute atomic E-state index is 11.4. The summed E-state index contributed by atoms with van der Waals surface area (Å²) in [5.74, 6) is 0.0206. The fourth-order valence-electron chi connectivity index (χ4n) is 1.29. The molecule has 0 aliphatic carbocycles. The van der Waals surface area contributed by atoms with Gasteiger partial charge in [-0.1, -0.05) is 22.9 Å². The predicted octanol–water partition coefficient (Wildman–Crippen LogP) is 1.38. The van der Waals surface area contributed by atoms with Crippen LogP contribution in [0.1, 0.15) is 6.92 Å². The van der Waals surface area contributed by atoms with E-state index in [0.29, 0.717) is 18.8 Å². The van der Waals surface area contributed by atoms with Gasteiger partial charge in [0.2, 0.25) is 10.0 Å². The summed E-state index contributed by atoms with van der Waals surface area (Å²) in [4.78, 5) is 0. The Hall–Kier alpha value is -0.790. The highest BCUT2D eigenvalue weighted by Crippen LogP contribution is 2.22. The molecule has 0 aliphatic rings. The van der Waals surface area contributed by atoms with E-state index in [1.165, 1.54) is 0 Å². The molecule has 17 heavy (non-hydrogen) atoms. The Bertz CT molecular complexity index is 476. The Morgan fingerprint density at radius 1 is 1.41 bits per heavy atom. The van der Waals surface area contributed by atoms with E-state index in [9.17, 15) is 8.42 Å². The van der Waals surface area contributed by atoms with Gasteiger partial charge in [-0.05, 0) is 18.2 Å². The highest BCUT2D eigenvalue weighted by molar-refractivity contribution is 9.10. The fraction of sp³-hybridized carbons (Fsp3) is 0.400. The quantitative estimate of drug-likeness (QED) is 0.691. The number of nitrogen functional groups attached to an aromatic ring is 1. The van der Waals surface area contributed by atoms with Gasteiger partial charge in [0.15, 0.2) is 0 Å². The number of anilines is 2. The Morgan fingerprint density at radius 2 is 2.12 bits per heavy atom. The van der Waals surface area contributed by atoms with Gasteiger partial charge in [-0.25, -0.2) is 13.1 Å². The molecule has 0 atom stereocenters. The Labute approximate surface area is 110 Å². The fourth-order valence-corrected chi connectivity index (χ4v) is 2.61. The molecule has 1 aromatic carbocycles. The van der Waals surface area contributed by atoms with Crippen molar-refractivity contribution in [2.24, 2.45) is 0 Å². The van der Waals surface area contributed by atoms with E-state index in [-0.39, 0.29) is 5.75 Å². The number of benzene rings is 1. The first-order valence-electron chi connectivity index (χ1n) is 5.21. The molecular formula is C10H16BrN3O2S. The van der Waals surface area contributed by atoms with Crippen LogP contribution in [0.3, 0.4) is 0 Å². The zero-order valence-corrected chi connectivity index (χ0v) is 11.9. The molecule has 1 rings (SSSR count). The summed E-state index contributed by atoms with van der Waals surface area (Å²) in [6.07, 6.45) is 0. The van der Waals surface area contributed by atoms with Crippen molar-refractivity contribution in [3.63, 3.8) is 0 Å². The van der Waals surface area contributed by atoms with Crippen molar-refractivity contribution < 1.29 is 8.42 Å². The molecule has 0 bridgehead atoms. The average Bonchev–Trinajstić information content (AvgIpc) is 2.23. The van der Waals surface area contributed by atoms with Gasteiger partial charge in [-0.3, -0.25) is 0 Å². The minimum Gasteiger partial charge on any atom is -0.397 e. The SMILES string of the molecule is CCNS(=O)(=O)CCNc1cc(Br)ccc1N. The lowest BCUT2D eigenvalue weighted by atomic mass is 10.3. The van der Waals surface area contributed by atoms with Crippen molar-refractivity contribution >= 4 is 37.3 Å². The van der Waals surface area contributed by atoms with E-state index in [2.05, 4.69) is 26.0 Å². The molecule has 0 amide bonds. The first-order valence-corrected chi connectivity index (χ1v) is 7.65. The number of sulfonamides is 1. The van der Waals surface area contributed by atoms with Crippen LogP contribution in [-0.2, 0) is 10.0 Å². The van der Waals surface area contributed by atoms with Crippen molar-refractivity contribution in [1.29, 1.82) is 0 Å². The smallest absolute Gasteiger partial charge is 0.213 e. The maximum Gasteiger partial charge on any atom is 0.213 e. The highest BCUT2D eigenvalue weighted by atomic mass is 79.9. The van der Waals surface area contributed by atoms with Gasteiger partial charge in [-0.2, -0.15) is 0 Å². The van der Waals surface area contributed by atoms with E-state index in [0.717, 1.165) is 10.2 Å². The van der Waals surface area contributed by atoms with Gasteiger partial charge < -0.3 is 11.1 Å². The first kappa shape index (κ1) is 14.3. The normalized spacial score (nSPS) is 11.4. The van der Waals surface area contributed by atoms with E-state index in [4.69, 9.17) is 5.73 Å². The third kappa shape index (κ3) is 4.93. The zero-order valence-electron chi connectivity index (χ0n) is 9.53. The molecule has 0 unspecified atom stereocenters. The molecule has 4 N–H and O–H groups in total. The summed E-state index contributed by atoms with van der Waals surface area (Å²) in [5.41, 5.74) is 7.07. The lowest BCUT2D eigenvalue weighted by molar-refractivity contribution is 0.584. The topological polar surface area (TPSA) is 84.2 Å². The van der Waals surface area contributed by atoms with Gasteiger partial charge >= 0.3 is 0 Å². The second-order valence-electron chi connectivity index (χ2n) is 3.48. The monoisotopic (exact) mass is 321 g/mol. The molecule has 0 heterocycles. The highest BCUT2D eigenvalue weighted by Gasteiger charge is 2.08. The summed E-state index contributed by atoms with van der Waals surface area (Å²) in [6.45, 7) is 2.47. The van der Waals surface area contributed by atoms with Gasteiger partial charge in [0.1, 0.15) is 0 Å². The molecule has 0 fully saturated rings. The van der Waals surface area contributed by atoms with Crippen LogP contribution in [0.4, 0.5) is 11.4 Å². The van der Waals surface area contributed by atoms with Crippen molar-refractivity contribution in [2.75, 3.05) is 29.9 Å². The second-order valence-corrected chi connectivity index (χ2v) is 6.32. The summed E-state index contributed by atoms with van der Waals surface area (Å²) < 4.78 is 26.1. The van der Waals surface area contributed by atoms with Gasteiger partial charge in [0.05, 0.1) is 17.1 Å².